The van der Waals surface area contributed by atoms with Crippen molar-refractivity contribution < 1.29 is 25.2 Å². The zero-order valence-corrected chi connectivity index (χ0v) is 15.8. The first kappa shape index (κ1) is 18.6. The summed E-state index contributed by atoms with van der Waals surface area (Å²) in [5, 5.41) is 41.8. The SMILES string of the molecule is CC12CCC(O)CC1=CCC1C2C(O)CC2(C)C1CC[C@]2(O)C(=O)CO. The summed E-state index contributed by atoms with van der Waals surface area (Å²) >= 11 is 0. The Kier molecular flexibility index (Phi) is 4.20. The van der Waals surface area contributed by atoms with Crippen molar-refractivity contribution in [3.05, 3.63) is 11.6 Å². The molecule has 0 aromatic carbocycles. The van der Waals surface area contributed by atoms with Crippen LogP contribution >= 0.6 is 0 Å². The van der Waals surface area contributed by atoms with Gasteiger partial charge in [-0.1, -0.05) is 25.5 Å². The molecule has 0 saturated heterocycles. The largest absolute Gasteiger partial charge is 0.393 e. The normalized spacial score (nSPS) is 53.3. The number of carbonyl (C=O) groups excluding carboxylic acids is 1. The predicted molar refractivity (Wildman–Crippen MR) is 96.1 cm³/mol. The van der Waals surface area contributed by atoms with Crippen LogP contribution in [-0.2, 0) is 4.79 Å². The van der Waals surface area contributed by atoms with Crippen LogP contribution in [0.3, 0.4) is 0 Å². The Balaban J connectivity index is 1.73. The molecule has 5 heteroatoms. The Bertz CT molecular complexity index is 644. The summed E-state index contributed by atoms with van der Waals surface area (Å²) in [6, 6.07) is 0. The molecule has 7 unspecified atom stereocenters. The van der Waals surface area contributed by atoms with E-state index < -0.39 is 29.5 Å². The Morgan fingerprint density at radius 1 is 1.23 bits per heavy atom. The smallest absolute Gasteiger partial charge is 0.190 e. The number of rotatable bonds is 2. The fourth-order valence-corrected chi connectivity index (χ4v) is 7.37. The number of carbonyl (C=O) groups is 1. The Morgan fingerprint density at radius 2 is 1.96 bits per heavy atom. The van der Waals surface area contributed by atoms with Crippen LogP contribution < -0.4 is 0 Å². The molecular weight excluding hydrogens is 332 g/mol. The maximum atomic E-state index is 12.4. The lowest BCUT2D eigenvalue weighted by Gasteiger charge is -2.60. The third-order valence-corrected chi connectivity index (χ3v) is 8.77. The molecule has 4 N–H and O–H groups in total. The summed E-state index contributed by atoms with van der Waals surface area (Å²) in [6.45, 7) is 3.51. The number of ketones is 1. The molecule has 4 aliphatic carbocycles. The van der Waals surface area contributed by atoms with Crippen molar-refractivity contribution in [2.45, 2.75) is 76.6 Å². The summed E-state index contributed by atoms with van der Waals surface area (Å²) in [7, 11) is 0. The molecule has 0 aliphatic heterocycles. The van der Waals surface area contributed by atoms with E-state index in [2.05, 4.69) is 13.0 Å². The van der Waals surface area contributed by atoms with Gasteiger partial charge in [0.2, 0.25) is 0 Å². The number of Topliss-reactive ketones (excluding diaryl/α,β-unsaturated/α-hetero) is 1. The fourth-order valence-electron chi connectivity index (χ4n) is 7.37. The van der Waals surface area contributed by atoms with Crippen molar-refractivity contribution in [1.29, 1.82) is 0 Å². The minimum atomic E-state index is -1.54. The summed E-state index contributed by atoms with van der Waals surface area (Å²) in [6.07, 6.45) is 6.09. The minimum absolute atomic E-state index is 0.107. The van der Waals surface area contributed by atoms with Crippen LogP contribution in [0.5, 0.6) is 0 Å². The third kappa shape index (κ3) is 2.20. The van der Waals surface area contributed by atoms with Gasteiger partial charge in [0.05, 0.1) is 12.2 Å². The molecule has 4 aliphatic rings. The van der Waals surface area contributed by atoms with Crippen LogP contribution in [0.4, 0.5) is 0 Å². The van der Waals surface area contributed by atoms with Gasteiger partial charge in [0, 0.05) is 5.41 Å². The van der Waals surface area contributed by atoms with Crippen molar-refractivity contribution >= 4 is 5.78 Å². The molecule has 26 heavy (non-hydrogen) atoms. The zero-order chi connectivity index (χ0) is 18.9. The fraction of sp³-hybridized carbons (Fsp3) is 0.857. The van der Waals surface area contributed by atoms with Crippen molar-refractivity contribution in [2.24, 2.45) is 28.6 Å². The van der Waals surface area contributed by atoms with Crippen LogP contribution in [-0.4, -0.2) is 50.6 Å². The highest BCUT2D eigenvalue weighted by molar-refractivity contribution is 5.89. The Morgan fingerprint density at radius 3 is 2.65 bits per heavy atom. The van der Waals surface area contributed by atoms with E-state index in [1.165, 1.54) is 5.57 Å². The highest BCUT2D eigenvalue weighted by Gasteiger charge is 2.67. The number of aliphatic hydroxyl groups is 4. The van der Waals surface area contributed by atoms with E-state index in [0.717, 1.165) is 25.7 Å². The van der Waals surface area contributed by atoms with Gasteiger partial charge in [-0.2, -0.15) is 0 Å². The van der Waals surface area contributed by atoms with Gasteiger partial charge in [0.25, 0.3) is 0 Å². The van der Waals surface area contributed by atoms with Crippen molar-refractivity contribution in [3.63, 3.8) is 0 Å². The predicted octanol–water partition coefficient (Wildman–Crippen LogP) is 1.57. The van der Waals surface area contributed by atoms with Crippen LogP contribution in [0.25, 0.3) is 0 Å². The number of hydrogen-bond acceptors (Lipinski definition) is 5. The van der Waals surface area contributed by atoms with Crippen LogP contribution in [0, 0.1) is 28.6 Å². The van der Waals surface area contributed by atoms with Gasteiger partial charge >= 0.3 is 0 Å². The van der Waals surface area contributed by atoms with E-state index in [0.29, 0.717) is 19.3 Å². The first-order valence-corrected chi connectivity index (χ1v) is 10.1. The number of fused-ring (bicyclic) bond motifs is 5. The lowest BCUT2D eigenvalue weighted by Crippen LogP contribution is -2.61. The number of allylic oxidation sites excluding steroid dienone is 1. The summed E-state index contributed by atoms with van der Waals surface area (Å²) in [5.41, 5.74) is -1.06. The molecule has 8 atom stereocenters. The molecule has 0 spiro atoms. The third-order valence-electron chi connectivity index (χ3n) is 8.77. The van der Waals surface area contributed by atoms with Gasteiger partial charge in [-0.05, 0) is 68.1 Å². The minimum Gasteiger partial charge on any atom is -0.393 e. The molecule has 0 radical (unpaired) electrons. The maximum absolute atomic E-state index is 12.4. The van der Waals surface area contributed by atoms with Gasteiger partial charge in [0.1, 0.15) is 12.2 Å². The van der Waals surface area contributed by atoms with Crippen molar-refractivity contribution in [1.82, 2.24) is 0 Å². The second-order valence-electron chi connectivity index (χ2n) is 9.74. The van der Waals surface area contributed by atoms with Gasteiger partial charge in [-0.3, -0.25) is 4.79 Å². The molecule has 0 heterocycles. The molecule has 0 bridgehead atoms. The zero-order valence-electron chi connectivity index (χ0n) is 15.8. The second kappa shape index (κ2) is 5.87. The van der Waals surface area contributed by atoms with Gasteiger partial charge < -0.3 is 20.4 Å². The quantitative estimate of drug-likeness (QED) is 0.558. The van der Waals surface area contributed by atoms with Crippen LogP contribution in [0.1, 0.15) is 58.8 Å². The number of hydrogen-bond donors (Lipinski definition) is 4. The molecule has 0 aromatic heterocycles. The summed E-state index contributed by atoms with van der Waals surface area (Å²) < 4.78 is 0. The van der Waals surface area contributed by atoms with Crippen LogP contribution in [0.15, 0.2) is 11.6 Å². The van der Waals surface area contributed by atoms with Gasteiger partial charge in [-0.25, -0.2) is 0 Å². The molecule has 3 fully saturated rings. The molecule has 0 amide bonds. The molecular formula is C21H32O5. The molecule has 4 rings (SSSR count). The first-order valence-electron chi connectivity index (χ1n) is 10.1. The average Bonchev–Trinajstić information content (AvgIpc) is 2.86. The Labute approximate surface area is 155 Å². The first-order chi connectivity index (χ1) is 12.2. The lowest BCUT2D eigenvalue weighted by molar-refractivity contribution is -0.180. The molecule has 0 aromatic rings. The summed E-state index contributed by atoms with van der Waals surface area (Å²) in [5.74, 6) is -0.00187. The van der Waals surface area contributed by atoms with E-state index in [9.17, 15) is 25.2 Å². The molecule has 3 saturated carbocycles. The van der Waals surface area contributed by atoms with Crippen LogP contribution in [0.2, 0.25) is 0 Å². The average molecular weight is 364 g/mol. The van der Waals surface area contributed by atoms with E-state index >= 15 is 0 Å². The van der Waals surface area contributed by atoms with Gasteiger partial charge in [-0.15, -0.1) is 0 Å². The van der Waals surface area contributed by atoms with E-state index in [-0.39, 0.29) is 29.3 Å². The summed E-state index contributed by atoms with van der Waals surface area (Å²) in [4.78, 5) is 12.4. The second-order valence-corrected chi connectivity index (χ2v) is 9.74. The van der Waals surface area contributed by atoms with E-state index in [4.69, 9.17) is 0 Å². The molecule has 146 valence electrons. The molecule has 5 nitrogen and oxygen atoms in total. The highest BCUT2D eigenvalue weighted by atomic mass is 16.3. The monoisotopic (exact) mass is 364 g/mol. The maximum Gasteiger partial charge on any atom is 0.190 e. The highest BCUT2D eigenvalue weighted by Crippen LogP contribution is 2.67. The van der Waals surface area contributed by atoms with E-state index in [1.54, 1.807) is 0 Å². The Hall–Kier alpha value is -0.750. The van der Waals surface area contributed by atoms with E-state index in [1.807, 2.05) is 6.92 Å². The topological polar surface area (TPSA) is 98.0 Å². The van der Waals surface area contributed by atoms with Crippen molar-refractivity contribution in [2.75, 3.05) is 6.61 Å². The number of aliphatic hydroxyl groups excluding tert-OH is 3. The van der Waals surface area contributed by atoms with Crippen molar-refractivity contribution in [3.8, 4) is 0 Å². The lowest BCUT2D eigenvalue weighted by atomic mass is 9.46. The van der Waals surface area contributed by atoms with Gasteiger partial charge in [0.15, 0.2) is 5.78 Å². The standard InChI is InChI=1S/C21H32O5/c1-19-7-5-13(23)9-12(19)3-4-14-15-6-8-21(26,17(25)11-22)20(15,2)10-16(24)18(14)19/h3,13-16,18,22-24,26H,4-11H2,1-2H3/t13?,14?,15?,16?,18?,19?,20?,21-/m0/s1.